The second-order valence-electron chi connectivity index (χ2n) is 3.85. The molecule has 0 saturated carbocycles. The van der Waals surface area contributed by atoms with Crippen LogP contribution < -0.4 is 5.32 Å². The maximum atomic E-state index is 5.25. The lowest BCUT2D eigenvalue weighted by Gasteiger charge is -2.18. The number of nitrogens with zero attached hydrogens (tertiary/aromatic N) is 4. The fourth-order valence-electron chi connectivity index (χ4n) is 1.88. The molecule has 7 heteroatoms. The van der Waals surface area contributed by atoms with Crippen LogP contribution in [0.5, 0.6) is 0 Å². The van der Waals surface area contributed by atoms with Crippen molar-refractivity contribution in [2.75, 3.05) is 13.1 Å². The van der Waals surface area contributed by atoms with E-state index in [0.717, 1.165) is 25.9 Å². The van der Waals surface area contributed by atoms with Crippen molar-refractivity contribution in [3.63, 3.8) is 0 Å². The van der Waals surface area contributed by atoms with Crippen LogP contribution in [0.15, 0.2) is 10.7 Å². The van der Waals surface area contributed by atoms with E-state index >= 15 is 0 Å². The summed E-state index contributed by atoms with van der Waals surface area (Å²) in [5.41, 5.74) is 0.610. The smallest absolute Gasteiger partial charge is 0.231 e. The van der Waals surface area contributed by atoms with Gasteiger partial charge >= 0.3 is 0 Å². The first-order chi connectivity index (χ1) is 7.93. The number of aromatic nitrogens is 5. The minimum absolute atomic E-state index is 0.321. The molecule has 2 aromatic rings. The van der Waals surface area contributed by atoms with Crippen molar-refractivity contribution < 1.29 is 4.52 Å². The average Bonchev–Trinajstić information content (AvgIpc) is 3.01. The highest BCUT2D eigenvalue weighted by Gasteiger charge is 2.22. The number of hydrogen-bond acceptors (Lipinski definition) is 6. The van der Waals surface area contributed by atoms with E-state index in [0.29, 0.717) is 23.3 Å². The molecule has 2 N–H and O–H groups in total. The van der Waals surface area contributed by atoms with Gasteiger partial charge in [-0.25, -0.2) is 0 Å². The number of aromatic amines is 1. The Labute approximate surface area is 91.6 Å². The third kappa shape index (κ3) is 1.69. The molecule has 3 heterocycles. The summed E-state index contributed by atoms with van der Waals surface area (Å²) in [7, 11) is 0. The normalized spacial score (nSPS) is 21.1. The van der Waals surface area contributed by atoms with Gasteiger partial charge in [-0.15, -0.1) is 0 Å². The summed E-state index contributed by atoms with van der Waals surface area (Å²) in [5, 5.41) is 17.4. The fourth-order valence-corrected chi connectivity index (χ4v) is 1.88. The maximum Gasteiger partial charge on any atom is 0.231 e. The molecule has 1 atom stereocenters. The molecule has 0 amide bonds. The van der Waals surface area contributed by atoms with Gasteiger partial charge in [0.05, 0.1) is 12.1 Å². The topological polar surface area (TPSA) is 92.5 Å². The van der Waals surface area contributed by atoms with E-state index in [1.54, 1.807) is 6.20 Å². The highest BCUT2D eigenvalue weighted by atomic mass is 16.5. The number of rotatable bonds is 2. The Kier molecular flexibility index (Phi) is 2.37. The van der Waals surface area contributed by atoms with Crippen molar-refractivity contribution in [3.8, 4) is 11.5 Å². The van der Waals surface area contributed by atoms with Crippen LogP contribution in [0.25, 0.3) is 11.5 Å². The van der Waals surface area contributed by atoms with Crippen LogP contribution >= 0.6 is 0 Å². The summed E-state index contributed by atoms with van der Waals surface area (Å²) in [6.45, 7) is 1.97. The number of hydrogen-bond donors (Lipinski definition) is 2. The molecule has 0 bridgehead atoms. The molecule has 1 aliphatic rings. The van der Waals surface area contributed by atoms with Crippen LogP contribution in [-0.4, -0.2) is 38.6 Å². The van der Waals surface area contributed by atoms with Crippen molar-refractivity contribution in [1.82, 2.24) is 30.9 Å². The van der Waals surface area contributed by atoms with Gasteiger partial charge in [0, 0.05) is 6.54 Å². The number of nitrogens with one attached hydrogen (secondary N) is 2. The lowest BCUT2D eigenvalue weighted by Crippen LogP contribution is -2.28. The van der Waals surface area contributed by atoms with Gasteiger partial charge in [0.15, 0.2) is 5.69 Å². The second-order valence-corrected chi connectivity index (χ2v) is 3.85. The van der Waals surface area contributed by atoms with Crippen LogP contribution in [0.4, 0.5) is 0 Å². The van der Waals surface area contributed by atoms with Crippen LogP contribution in [0, 0.1) is 0 Å². The SMILES string of the molecule is c1n[nH]nc1-c1noc([C@@H]2CCCNC2)n1. The number of H-pyrrole nitrogens is 1. The quantitative estimate of drug-likeness (QED) is 0.757. The van der Waals surface area contributed by atoms with Gasteiger partial charge in [0.1, 0.15) is 0 Å². The van der Waals surface area contributed by atoms with E-state index in [9.17, 15) is 0 Å². The van der Waals surface area contributed by atoms with Crippen molar-refractivity contribution in [2.24, 2.45) is 0 Å². The van der Waals surface area contributed by atoms with Gasteiger partial charge in [-0.05, 0) is 19.4 Å². The maximum absolute atomic E-state index is 5.25. The zero-order valence-corrected chi connectivity index (χ0v) is 8.68. The summed E-state index contributed by atoms with van der Waals surface area (Å²) in [4.78, 5) is 4.34. The highest BCUT2D eigenvalue weighted by Crippen LogP contribution is 2.23. The Bertz CT molecular complexity index is 444. The molecule has 1 aliphatic heterocycles. The monoisotopic (exact) mass is 220 g/mol. The van der Waals surface area contributed by atoms with E-state index in [2.05, 4.69) is 30.9 Å². The van der Waals surface area contributed by atoms with E-state index in [1.807, 2.05) is 0 Å². The largest absolute Gasteiger partial charge is 0.339 e. The predicted octanol–water partition coefficient (Wildman–Crippen LogP) is 0.322. The molecule has 16 heavy (non-hydrogen) atoms. The van der Waals surface area contributed by atoms with Crippen molar-refractivity contribution in [3.05, 3.63) is 12.1 Å². The van der Waals surface area contributed by atoms with Gasteiger partial charge < -0.3 is 9.84 Å². The summed E-state index contributed by atoms with van der Waals surface area (Å²) in [6, 6.07) is 0. The van der Waals surface area contributed by atoms with Crippen molar-refractivity contribution in [1.29, 1.82) is 0 Å². The molecule has 0 aliphatic carbocycles. The standard InChI is InChI=1S/C9H12N6O/c1-2-6(4-10-3-1)9-12-8(14-16-9)7-5-11-15-13-7/h5-6,10H,1-4H2,(H,11,13,15)/t6-/m1/s1. The van der Waals surface area contributed by atoms with Gasteiger partial charge in [0.25, 0.3) is 0 Å². The van der Waals surface area contributed by atoms with E-state index < -0.39 is 0 Å². The zero-order valence-electron chi connectivity index (χ0n) is 8.68. The molecule has 0 aromatic carbocycles. The molecule has 7 nitrogen and oxygen atoms in total. The van der Waals surface area contributed by atoms with E-state index in [1.165, 1.54) is 0 Å². The summed E-state index contributed by atoms with van der Waals surface area (Å²) in [6.07, 6.45) is 3.81. The summed E-state index contributed by atoms with van der Waals surface area (Å²) in [5.74, 6) is 1.50. The molecule has 0 spiro atoms. The van der Waals surface area contributed by atoms with Crippen LogP contribution in [-0.2, 0) is 0 Å². The van der Waals surface area contributed by atoms with Crippen LogP contribution in [0.2, 0.25) is 0 Å². The Morgan fingerprint density at radius 3 is 3.19 bits per heavy atom. The molecular formula is C9H12N6O. The molecule has 0 unspecified atom stereocenters. The summed E-state index contributed by atoms with van der Waals surface area (Å²) >= 11 is 0. The minimum Gasteiger partial charge on any atom is -0.339 e. The molecule has 1 fully saturated rings. The molecule has 3 rings (SSSR count). The van der Waals surface area contributed by atoms with Gasteiger partial charge in [-0.1, -0.05) is 5.16 Å². The molecule has 0 radical (unpaired) electrons. The predicted molar refractivity (Wildman–Crippen MR) is 54.5 cm³/mol. The second kappa shape index (κ2) is 4.01. The fraction of sp³-hybridized carbons (Fsp3) is 0.556. The first kappa shape index (κ1) is 9.46. The Balaban J connectivity index is 1.82. The van der Waals surface area contributed by atoms with Gasteiger partial charge in [-0.3, -0.25) is 0 Å². The highest BCUT2D eigenvalue weighted by molar-refractivity contribution is 5.44. The lowest BCUT2D eigenvalue weighted by molar-refractivity contribution is 0.322. The van der Waals surface area contributed by atoms with Gasteiger partial charge in [-0.2, -0.15) is 20.4 Å². The van der Waals surface area contributed by atoms with E-state index in [4.69, 9.17) is 4.52 Å². The molecule has 84 valence electrons. The number of piperidine rings is 1. The summed E-state index contributed by atoms with van der Waals surface area (Å²) < 4.78 is 5.25. The third-order valence-electron chi connectivity index (χ3n) is 2.73. The molecule has 2 aromatic heterocycles. The zero-order chi connectivity index (χ0) is 10.8. The Morgan fingerprint density at radius 2 is 2.44 bits per heavy atom. The average molecular weight is 220 g/mol. The lowest BCUT2D eigenvalue weighted by atomic mass is 10.00. The van der Waals surface area contributed by atoms with Crippen LogP contribution in [0.3, 0.4) is 0 Å². The van der Waals surface area contributed by atoms with Crippen molar-refractivity contribution in [2.45, 2.75) is 18.8 Å². The first-order valence-electron chi connectivity index (χ1n) is 5.34. The molecular weight excluding hydrogens is 208 g/mol. The van der Waals surface area contributed by atoms with Gasteiger partial charge in [0.2, 0.25) is 11.7 Å². The Hall–Kier alpha value is -1.76. The van der Waals surface area contributed by atoms with Crippen LogP contribution in [0.1, 0.15) is 24.7 Å². The molecule has 1 saturated heterocycles. The van der Waals surface area contributed by atoms with Crippen molar-refractivity contribution >= 4 is 0 Å². The van der Waals surface area contributed by atoms with E-state index in [-0.39, 0.29) is 0 Å². The first-order valence-corrected chi connectivity index (χ1v) is 5.34. The third-order valence-corrected chi connectivity index (χ3v) is 2.73. The minimum atomic E-state index is 0.321. The Morgan fingerprint density at radius 1 is 1.44 bits per heavy atom.